The molecule has 0 atom stereocenters. The first kappa shape index (κ1) is 57.3. The van der Waals surface area contributed by atoms with Crippen molar-refractivity contribution in [3.63, 3.8) is 0 Å². The average Bonchev–Trinajstić information content (AvgIpc) is 4.11. The zero-order valence-corrected chi connectivity index (χ0v) is 38.7. The van der Waals surface area contributed by atoms with E-state index in [1.807, 2.05) is 0 Å². The summed E-state index contributed by atoms with van der Waals surface area (Å²) in [5, 5.41) is 0. The molecule has 7 nitrogen and oxygen atoms in total. The van der Waals surface area contributed by atoms with Crippen LogP contribution in [0, 0.1) is 0 Å². The minimum atomic E-state index is -6.89. The third-order valence-electron chi connectivity index (χ3n) is 12.1. The van der Waals surface area contributed by atoms with Crippen molar-refractivity contribution in [3.8, 4) is 50.6 Å². The van der Waals surface area contributed by atoms with Crippen LogP contribution in [0.2, 0.25) is 0 Å². The summed E-state index contributed by atoms with van der Waals surface area (Å²) in [4.78, 5) is 6.94. The highest BCUT2D eigenvalue weighted by atomic mass is 19.4. The number of methoxy groups -OCH3 is 3. The summed E-state index contributed by atoms with van der Waals surface area (Å²) in [5.41, 5.74) is -59.3. The fourth-order valence-electron chi connectivity index (χ4n) is 9.19. The molecule has 8 rings (SSSR count). The van der Waals surface area contributed by atoms with Crippen LogP contribution in [0.3, 0.4) is 0 Å². The van der Waals surface area contributed by atoms with Gasteiger partial charge in [0.25, 0.3) is 0 Å². The molecule has 5 heterocycles. The highest BCUT2D eigenvalue weighted by Gasteiger charge is 2.57. The van der Waals surface area contributed by atoms with Gasteiger partial charge in [-0.1, -0.05) is 36.4 Å². The first-order valence-corrected chi connectivity index (χ1v) is 21.3. The summed E-state index contributed by atoms with van der Waals surface area (Å²) in [6.07, 6.45) is -54.4. The number of rotatable bonds is 6. The second kappa shape index (κ2) is 18.6. The Balaban J connectivity index is 2.00. The zero-order valence-electron chi connectivity index (χ0n) is 38.7. The van der Waals surface area contributed by atoms with Crippen molar-refractivity contribution in [1.29, 1.82) is 0 Å². The van der Waals surface area contributed by atoms with Gasteiger partial charge in [0.05, 0.1) is 105 Å². The Bertz CT molecular complexity index is 3690. The Morgan fingerprint density at radius 1 is 0.278 bits per heavy atom. The zero-order chi connectivity index (χ0) is 58.9. The predicted octanol–water partition coefficient (Wildman–Crippen LogP) is 17.7. The Hall–Kier alpha value is -7.89. The van der Waals surface area contributed by atoms with Crippen LogP contribution in [0.4, 0.5) is 105 Å². The number of hydrogen-bond acceptors (Lipinski definition) is 4. The lowest BCUT2D eigenvalue weighted by molar-refractivity contribution is -0.160. The summed E-state index contributed by atoms with van der Waals surface area (Å²) in [5.74, 6) is -1.25. The monoisotopic (exact) mass is 1160 g/mol. The van der Waals surface area contributed by atoms with E-state index in [1.165, 1.54) is 9.97 Å². The van der Waals surface area contributed by atoms with Gasteiger partial charge in [-0.2, -0.15) is 105 Å². The van der Waals surface area contributed by atoms with Crippen molar-refractivity contribution in [3.05, 3.63) is 118 Å². The first-order valence-electron chi connectivity index (χ1n) is 21.3. The number of nitrogens with one attached hydrogen (secondary N) is 3. The number of fused-ring (bicyclic) bond motifs is 9. The molecule has 0 fully saturated rings. The smallest absolute Gasteiger partial charge is 0.419 e. The van der Waals surface area contributed by atoms with E-state index in [1.54, 1.807) is 0 Å². The van der Waals surface area contributed by atoms with E-state index in [0.29, 0.717) is 72.8 Å². The fraction of sp³-hybridized carbons (Fsp3) is 0.229. The molecule has 0 amide bonds. The van der Waals surface area contributed by atoms with E-state index in [4.69, 9.17) is 14.2 Å². The van der Waals surface area contributed by atoms with Gasteiger partial charge in [0.1, 0.15) is 22.9 Å². The Morgan fingerprint density at radius 2 is 0.494 bits per heavy atom. The highest BCUT2D eigenvalue weighted by Crippen LogP contribution is 2.59. The molecule has 0 aliphatic carbocycles. The second-order valence-electron chi connectivity index (χ2n) is 16.7. The van der Waals surface area contributed by atoms with Gasteiger partial charge in [-0.3, -0.25) is 0 Å². The van der Waals surface area contributed by atoms with E-state index >= 15 is 105 Å². The fourth-order valence-corrected chi connectivity index (χ4v) is 9.19. The van der Waals surface area contributed by atoms with Crippen molar-refractivity contribution in [2.75, 3.05) is 21.3 Å². The summed E-state index contributed by atoms with van der Waals surface area (Å²) in [6, 6.07) is 5.87. The number of alkyl halides is 24. The van der Waals surface area contributed by atoms with E-state index in [2.05, 4.69) is 4.98 Å². The van der Waals surface area contributed by atoms with Crippen molar-refractivity contribution in [2.45, 2.75) is 49.4 Å². The molecule has 7 aromatic rings. The van der Waals surface area contributed by atoms with Crippen LogP contribution in [0.25, 0.3) is 77.6 Å². The Kier molecular flexibility index (Phi) is 13.5. The molecular weight excluding hydrogens is 1140 g/mol. The van der Waals surface area contributed by atoms with Gasteiger partial charge >= 0.3 is 49.4 Å². The number of nitrogens with zero attached hydrogens (tertiary/aromatic N) is 1. The summed E-state index contributed by atoms with van der Waals surface area (Å²) in [7, 11) is 2.65. The van der Waals surface area contributed by atoms with Crippen LogP contribution in [-0.4, -0.2) is 53.6 Å². The van der Waals surface area contributed by atoms with Gasteiger partial charge < -0.3 is 29.2 Å². The maximum Gasteiger partial charge on any atom is 0.419 e. The SMILES string of the molecule is COc1ccc(-c2c3nc(c4[nH]c(c(C(F)(F)F)c4C(F)(F)F)c(-c4ccc(OC)cc4)c4[nH]c(c(C(F)(F)F)c4C(F)(F)F)c(-c4ccc(OC)cc4)c4[nH]c2c(C(F)(F)F)c4C(F)(F)F)C(C(F)(F)F)=C3C(F)(F)F)cc1. The molecule has 4 aromatic heterocycles. The molecule has 0 saturated carbocycles. The summed E-state index contributed by atoms with van der Waals surface area (Å²) in [6.45, 7) is 0. The standard InChI is InChI=1S/C48H24F24N4O3/c1-77-19-10-4-16(5-11-19)22-33-25(41(49,50)51)27(43(55,56)57)35(73-33)23(17-6-12-20(78-2)13-7-17)37-29(45(61,62)63)31(47(67,68)69)39(75-37)40-32(48(70,71)72)30(46(64,65)66)38(76-40)24(18-8-14-21(79-3)15-9-18)36-28(44(58,59)60)26(34(22)74-36)42(52,53)54/h4-15,73-75H,1-3H3. The quantitative estimate of drug-likeness (QED) is 0.145. The molecule has 0 radical (unpaired) electrons. The molecule has 31 heteroatoms. The Labute approximate surface area is 422 Å². The molecule has 0 unspecified atom stereocenters. The van der Waals surface area contributed by atoms with Gasteiger partial charge in [0, 0.05) is 16.7 Å². The van der Waals surface area contributed by atoms with Crippen LogP contribution >= 0.6 is 0 Å². The number of aromatic amines is 3. The molecule has 0 saturated heterocycles. The number of halogens is 24. The van der Waals surface area contributed by atoms with E-state index in [0.717, 1.165) is 26.3 Å². The molecular formula is C48H24F24N4O3. The molecule has 8 bridgehead atoms. The molecule has 3 aromatic carbocycles. The minimum Gasteiger partial charge on any atom is -0.497 e. The van der Waals surface area contributed by atoms with Crippen LogP contribution in [-0.2, 0) is 37.1 Å². The normalized spacial score (nSPS) is 14.0. The molecule has 1 aliphatic rings. The topological polar surface area (TPSA) is 87.9 Å². The first-order chi connectivity index (χ1) is 36.2. The summed E-state index contributed by atoms with van der Waals surface area (Å²) >= 11 is 0. The number of benzene rings is 3. The van der Waals surface area contributed by atoms with Crippen LogP contribution in [0.5, 0.6) is 17.2 Å². The van der Waals surface area contributed by atoms with Gasteiger partial charge in [-0.15, -0.1) is 0 Å². The number of H-pyrrole nitrogens is 3. The van der Waals surface area contributed by atoms with Crippen molar-refractivity contribution in [2.24, 2.45) is 0 Å². The number of allylic oxidation sites excluding steroid dienone is 2. The second-order valence-corrected chi connectivity index (χ2v) is 16.7. The molecule has 422 valence electrons. The summed E-state index contributed by atoms with van der Waals surface area (Å²) < 4.78 is 394. The van der Waals surface area contributed by atoms with Crippen LogP contribution in [0.1, 0.15) is 44.8 Å². The maximum absolute atomic E-state index is 15.9. The minimum absolute atomic E-state index is 0.340. The lowest BCUT2D eigenvalue weighted by Crippen LogP contribution is -2.19. The van der Waals surface area contributed by atoms with E-state index in [-0.39, 0.29) is 0 Å². The molecule has 79 heavy (non-hydrogen) atoms. The lowest BCUT2D eigenvalue weighted by Gasteiger charge is -2.17. The highest BCUT2D eigenvalue weighted by molar-refractivity contribution is 6.10. The van der Waals surface area contributed by atoms with Gasteiger partial charge in [-0.05, 0) is 53.1 Å². The molecule has 1 aliphatic heterocycles. The number of hydrogen-bond donors (Lipinski definition) is 3. The van der Waals surface area contributed by atoms with E-state index in [9.17, 15) is 0 Å². The Morgan fingerprint density at radius 3 is 0.734 bits per heavy atom. The third-order valence-corrected chi connectivity index (χ3v) is 12.1. The van der Waals surface area contributed by atoms with Crippen molar-refractivity contribution >= 4 is 44.2 Å². The van der Waals surface area contributed by atoms with Crippen molar-refractivity contribution in [1.82, 2.24) is 19.9 Å². The van der Waals surface area contributed by atoms with Crippen molar-refractivity contribution < 1.29 is 120 Å². The van der Waals surface area contributed by atoms with Gasteiger partial charge in [-0.25, -0.2) is 4.98 Å². The predicted molar refractivity (Wildman–Crippen MR) is 231 cm³/mol. The number of ether oxygens (including phenoxy) is 3. The largest absolute Gasteiger partial charge is 0.497 e. The van der Waals surface area contributed by atoms with Crippen LogP contribution < -0.4 is 14.2 Å². The molecule has 3 N–H and O–H groups in total. The maximum atomic E-state index is 15.9. The van der Waals surface area contributed by atoms with E-state index < -0.39 is 189 Å². The average molecular weight is 1160 g/mol. The molecule has 0 spiro atoms. The third kappa shape index (κ3) is 10.0. The van der Waals surface area contributed by atoms with Gasteiger partial charge in [0.2, 0.25) is 0 Å². The number of aromatic nitrogens is 4. The lowest BCUT2D eigenvalue weighted by atomic mass is 9.94. The van der Waals surface area contributed by atoms with Crippen LogP contribution in [0.15, 0.2) is 72.8 Å². The van der Waals surface area contributed by atoms with Gasteiger partial charge in [0.15, 0.2) is 0 Å².